The van der Waals surface area contributed by atoms with Crippen LogP contribution in [0, 0.1) is 11.3 Å². The number of carbonyl (C=O) groups is 1. The Morgan fingerprint density at radius 2 is 2.05 bits per heavy atom. The number of imidazole rings is 1. The maximum atomic E-state index is 12.1. The smallest absolute Gasteiger partial charge is 0.329 e. The van der Waals surface area contributed by atoms with E-state index in [0.717, 1.165) is 5.52 Å². The molecule has 1 amide bonds. The minimum absolute atomic E-state index is 0.0911. The van der Waals surface area contributed by atoms with Crippen molar-refractivity contribution in [2.24, 2.45) is 7.05 Å². The van der Waals surface area contributed by atoms with Gasteiger partial charge < -0.3 is 5.32 Å². The zero-order valence-corrected chi connectivity index (χ0v) is 10.8. The summed E-state index contributed by atoms with van der Waals surface area (Å²) in [6, 6.07) is 8.61. The highest BCUT2D eigenvalue weighted by Crippen LogP contribution is 2.10. The lowest BCUT2D eigenvalue weighted by Gasteiger charge is -2.07. The van der Waals surface area contributed by atoms with E-state index < -0.39 is 6.04 Å². The molecule has 2 aromatic rings. The Hall–Kier alpha value is -2.55. The number of hydrogen-bond acceptors (Lipinski definition) is 3. The van der Waals surface area contributed by atoms with Crippen molar-refractivity contribution in [1.29, 1.82) is 5.26 Å². The molecule has 1 atom stereocenters. The molecule has 6 heteroatoms. The van der Waals surface area contributed by atoms with E-state index in [0.29, 0.717) is 5.52 Å². The number of carbonyl (C=O) groups excluding carboxylic acids is 1. The van der Waals surface area contributed by atoms with Gasteiger partial charge in [0.2, 0.25) is 5.91 Å². The van der Waals surface area contributed by atoms with Crippen molar-refractivity contribution in [1.82, 2.24) is 14.5 Å². The molecule has 0 aliphatic heterocycles. The second-order valence-corrected chi connectivity index (χ2v) is 4.33. The standard InChI is InChI=1S/C13H14N4O2/c1-9(7-14)15-12(18)8-17-11-6-4-3-5-10(11)16(2)13(17)19/h3-6,9H,8H2,1-2H3,(H,15,18). The molecule has 1 aromatic heterocycles. The van der Waals surface area contributed by atoms with Gasteiger partial charge in [-0.25, -0.2) is 4.79 Å². The number of amides is 1. The van der Waals surface area contributed by atoms with E-state index in [2.05, 4.69) is 5.32 Å². The number of para-hydroxylation sites is 2. The SMILES string of the molecule is CC(C#N)NC(=O)Cn1c(=O)n(C)c2ccccc21. The minimum Gasteiger partial charge on any atom is -0.339 e. The monoisotopic (exact) mass is 258 g/mol. The number of nitrogens with one attached hydrogen (secondary N) is 1. The molecule has 6 nitrogen and oxygen atoms in total. The highest BCUT2D eigenvalue weighted by Gasteiger charge is 2.14. The molecule has 1 unspecified atom stereocenters. The zero-order chi connectivity index (χ0) is 14.0. The molecule has 1 heterocycles. The number of benzene rings is 1. The second kappa shape index (κ2) is 4.98. The Morgan fingerprint density at radius 3 is 2.68 bits per heavy atom. The summed E-state index contributed by atoms with van der Waals surface area (Å²) < 4.78 is 2.89. The molecule has 0 fully saturated rings. The summed E-state index contributed by atoms with van der Waals surface area (Å²) in [6.07, 6.45) is 0. The summed E-state index contributed by atoms with van der Waals surface area (Å²) in [7, 11) is 1.66. The van der Waals surface area contributed by atoms with Crippen LogP contribution < -0.4 is 11.0 Å². The van der Waals surface area contributed by atoms with E-state index in [1.165, 1.54) is 9.13 Å². The van der Waals surface area contributed by atoms with Crippen LogP contribution in [0.5, 0.6) is 0 Å². The second-order valence-electron chi connectivity index (χ2n) is 4.33. The summed E-state index contributed by atoms with van der Waals surface area (Å²) in [4.78, 5) is 23.8. The summed E-state index contributed by atoms with van der Waals surface area (Å²) in [6.45, 7) is 1.50. The largest absolute Gasteiger partial charge is 0.339 e. The van der Waals surface area contributed by atoms with E-state index in [4.69, 9.17) is 5.26 Å². The Kier molecular flexibility index (Phi) is 3.38. The number of fused-ring (bicyclic) bond motifs is 1. The van der Waals surface area contributed by atoms with Crippen molar-refractivity contribution in [2.45, 2.75) is 19.5 Å². The number of nitriles is 1. The van der Waals surface area contributed by atoms with Crippen molar-refractivity contribution in [3.63, 3.8) is 0 Å². The lowest BCUT2D eigenvalue weighted by molar-refractivity contribution is -0.121. The summed E-state index contributed by atoms with van der Waals surface area (Å²) in [5.41, 5.74) is 1.23. The number of rotatable bonds is 3. The average molecular weight is 258 g/mol. The minimum atomic E-state index is -0.571. The normalized spacial score (nSPS) is 12.1. The predicted octanol–water partition coefficient (Wildman–Crippen LogP) is 0.368. The van der Waals surface area contributed by atoms with Gasteiger partial charge in [0.15, 0.2) is 0 Å². The van der Waals surface area contributed by atoms with Crippen molar-refractivity contribution < 1.29 is 4.79 Å². The van der Waals surface area contributed by atoms with Gasteiger partial charge in [-0.3, -0.25) is 13.9 Å². The first kappa shape index (κ1) is 12.9. The highest BCUT2D eigenvalue weighted by molar-refractivity contribution is 5.81. The average Bonchev–Trinajstić information content (AvgIpc) is 2.64. The van der Waals surface area contributed by atoms with Crippen LogP contribution in [0.4, 0.5) is 0 Å². The maximum Gasteiger partial charge on any atom is 0.329 e. The predicted molar refractivity (Wildman–Crippen MR) is 70.4 cm³/mol. The quantitative estimate of drug-likeness (QED) is 0.863. The van der Waals surface area contributed by atoms with Crippen LogP contribution in [0.1, 0.15) is 6.92 Å². The third-order valence-corrected chi connectivity index (χ3v) is 2.92. The summed E-state index contributed by atoms with van der Waals surface area (Å²) in [5, 5.41) is 11.2. The van der Waals surface area contributed by atoms with Gasteiger partial charge in [0.05, 0.1) is 17.1 Å². The first-order valence-corrected chi connectivity index (χ1v) is 5.88. The molecule has 98 valence electrons. The third kappa shape index (κ3) is 2.36. The zero-order valence-electron chi connectivity index (χ0n) is 10.8. The van der Waals surface area contributed by atoms with Crippen LogP contribution in [-0.4, -0.2) is 21.1 Å². The van der Waals surface area contributed by atoms with E-state index in [9.17, 15) is 9.59 Å². The molecule has 1 N–H and O–H groups in total. The Morgan fingerprint density at radius 1 is 1.42 bits per heavy atom. The first-order chi connectivity index (χ1) is 9.04. The summed E-state index contributed by atoms with van der Waals surface area (Å²) >= 11 is 0. The molecule has 2 rings (SSSR count). The van der Waals surface area contributed by atoms with Gasteiger partial charge in [-0.15, -0.1) is 0 Å². The van der Waals surface area contributed by atoms with Gasteiger partial charge in [-0.1, -0.05) is 12.1 Å². The molecule has 0 spiro atoms. The molecule has 0 bridgehead atoms. The first-order valence-electron chi connectivity index (χ1n) is 5.88. The van der Waals surface area contributed by atoms with Crippen molar-refractivity contribution >= 4 is 16.9 Å². The van der Waals surface area contributed by atoms with Crippen LogP contribution >= 0.6 is 0 Å². The van der Waals surface area contributed by atoms with E-state index in [-0.39, 0.29) is 18.1 Å². The van der Waals surface area contributed by atoms with Crippen molar-refractivity contribution in [3.8, 4) is 6.07 Å². The van der Waals surface area contributed by atoms with Gasteiger partial charge in [0.1, 0.15) is 12.6 Å². The fraction of sp³-hybridized carbons (Fsp3) is 0.308. The fourth-order valence-electron chi connectivity index (χ4n) is 1.98. The molecular weight excluding hydrogens is 244 g/mol. The van der Waals surface area contributed by atoms with Crippen molar-refractivity contribution in [2.75, 3.05) is 0 Å². The molecule has 0 saturated heterocycles. The van der Waals surface area contributed by atoms with E-state index in [1.807, 2.05) is 24.3 Å². The van der Waals surface area contributed by atoms with Crippen molar-refractivity contribution in [3.05, 3.63) is 34.7 Å². The Balaban J connectivity index is 2.36. The topological polar surface area (TPSA) is 79.8 Å². The number of aryl methyl sites for hydroxylation is 1. The molecule has 0 aliphatic carbocycles. The van der Waals surface area contributed by atoms with Crippen LogP contribution in [0.15, 0.2) is 29.1 Å². The molecule has 0 radical (unpaired) electrons. The van der Waals surface area contributed by atoms with Gasteiger partial charge in [-0.2, -0.15) is 5.26 Å². The van der Waals surface area contributed by atoms with Crippen LogP contribution in [0.2, 0.25) is 0 Å². The fourth-order valence-corrected chi connectivity index (χ4v) is 1.98. The van der Waals surface area contributed by atoms with Gasteiger partial charge >= 0.3 is 5.69 Å². The number of aromatic nitrogens is 2. The third-order valence-electron chi connectivity index (χ3n) is 2.92. The van der Waals surface area contributed by atoms with Crippen LogP contribution in [-0.2, 0) is 18.4 Å². The maximum absolute atomic E-state index is 12.1. The number of hydrogen-bond donors (Lipinski definition) is 1. The van der Waals surface area contributed by atoms with E-state index in [1.54, 1.807) is 20.0 Å². The molecule has 0 saturated carbocycles. The Labute approximate surface area is 109 Å². The van der Waals surface area contributed by atoms with Crippen LogP contribution in [0.3, 0.4) is 0 Å². The highest BCUT2D eigenvalue weighted by atomic mass is 16.2. The molecule has 1 aromatic carbocycles. The van der Waals surface area contributed by atoms with Gasteiger partial charge in [-0.05, 0) is 19.1 Å². The lowest BCUT2D eigenvalue weighted by atomic mass is 10.3. The van der Waals surface area contributed by atoms with Gasteiger partial charge in [0, 0.05) is 7.05 Å². The molecular formula is C13H14N4O2. The molecule has 19 heavy (non-hydrogen) atoms. The van der Waals surface area contributed by atoms with Gasteiger partial charge in [0.25, 0.3) is 0 Å². The Bertz CT molecular complexity index is 720. The van der Waals surface area contributed by atoms with Crippen LogP contribution in [0.25, 0.3) is 11.0 Å². The summed E-state index contributed by atoms with van der Waals surface area (Å²) in [5.74, 6) is -0.354. The number of nitrogens with zero attached hydrogens (tertiary/aromatic N) is 3. The van der Waals surface area contributed by atoms with E-state index >= 15 is 0 Å². The lowest BCUT2D eigenvalue weighted by Crippen LogP contribution is -2.36. The molecule has 0 aliphatic rings.